The van der Waals surface area contributed by atoms with Gasteiger partial charge in [-0.05, 0) is 38.1 Å². The van der Waals surface area contributed by atoms with Crippen molar-refractivity contribution in [2.24, 2.45) is 0 Å². The molecule has 0 aromatic heterocycles. The second-order valence-corrected chi connectivity index (χ2v) is 5.27. The molecule has 0 aliphatic rings. The molecule has 124 valence electrons. The van der Waals surface area contributed by atoms with Crippen molar-refractivity contribution >= 4 is 23.4 Å². The van der Waals surface area contributed by atoms with E-state index in [0.29, 0.717) is 17.0 Å². The van der Waals surface area contributed by atoms with Crippen LogP contribution in [0.2, 0.25) is 0 Å². The molecule has 0 radical (unpaired) electrons. The summed E-state index contributed by atoms with van der Waals surface area (Å²) in [6.07, 6.45) is 3.02. The Morgan fingerprint density at radius 3 is 2.67 bits per heavy atom. The Morgan fingerprint density at radius 1 is 1.25 bits per heavy atom. The van der Waals surface area contributed by atoms with E-state index in [4.69, 9.17) is 4.74 Å². The minimum atomic E-state index is -0.474. The van der Waals surface area contributed by atoms with Crippen molar-refractivity contribution in [1.29, 1.82) is 0 Å². The highest BCUT2D eigenvalue weighted by molar-refractivity contribution is 6.02. The molecule has 0 spiro atoms. The third-order valence-electron chi connectivity index (χ3n) is 3.56. The SMILES string of the molecule is COc1ccc(C)cc1/C=C/C(=O)Nc1cccc([N+](=O)[O-])c1C. The number of ether oxygens (including phenoxy) is 1. The van der Waals surface area contributed by atoms with Gasteiger partial charge in [-0.15, -0.1) is 0 Å². The Labute approximate surface area is 139 Å². The molecule has 6 nitrogen and oxygen atoms in total. The lowest BCUT2D eigenvalue weighted by molar-refractivity contribution is -0.385. The number of nitro benzene ring substituents is 1. The Balaban J connectivity index is 2.19. The van der Waals surface area contributed by atoms with Crippen LogP contribution in [0.1, 0.15) is 16.7 Å². The number of benzene rings is 2. The molecule has 1 amide bonds. The summed E-state index contributed by atoms with van der Waals surface area (Å²) in [6.45, 7) is 3.55. The number of carbonyl (C=O) groups excluding carboxylic acids is 1. The number of methoxy groups -OCH3 is 1. The summed E-state index contributed by atoms with van der Waals surface area (Å²) in [6, 6.07) is 10.2. The van der Waals surface area contributed by atoms with Crippen LogP contribution < -0.4 is 10.1 Å². The third-order valence-corrected chi connectivity index (χ3v) is 3.56. The predicted molar refractivity (Wildman–Crippen MR) is 93.2 cm³/mol. The number of amides is 1. The topological polar surface area (TPSA) is 81.5 Å². The van der Waals surface area contributed by atoms with Gasteiger partial charge in [0.05, 0.1) is 23.3 Å². The van der Waals surface area contributed by atoms with Gasteiger partial charge in [-0.1, -0.05) is 17.7 Å². The Morgan fingerprint density at radius 2 is 2.00 bits per heavy atom. The van der Waals surface area contributed by atoms with Crippen LogP contribution in [0.3, 0.4) is 0 Å². The number of nitrogens with zero attached hydrogens (tertiary/aromatic N) is 1. The number of hydrogen-bond donors (Lipinski definition) is 1. The minimum Gasteiger partial charge on any atom is -0.496 e. The molecule has 0 fully saturated rings. The predicted octanol–water partition coefficient (Wildman–Crippen LogP) is 3.87. The molecule has 0 saturated carbocycles. The van der Waals surface area contributed by atoms with Crippen LogP contribution in [-0.2, 0) is 4.79 Å². The smallest absolute Gasteiger partial charge is 0.274 e. The summed E-state index contributed by atoms with van der Waals surface area (Å²) >= 11 is 0. The summed E-state index contributed by atoms with van der Waals surface area (Å²) in [5.74, 6) is 0.290. The van der Waals surface area contributed by atoms with Crippen molar-refractivity contribution in [1.82, 2.24) is 0 Å². The standard InChI is InChI=1S/C18H18N2O4/c1-12-7-9-17(24-3)14(11-12)8-10-18(21)19-15-5-4-6-16(13(15)2)20(22)23/h4-11H,1-3H3,(H,19,21)/b10-8+. The first-order valence-corrected chi connectivity index (χ1v) is 7.30. The van der Waals surface area contributed by atoms with E-state index < -0.39 is 4.92 Å². The number of carbonyl (C=O) groups is 1. The maximum atomic E-state index is 12.1. The molecule has 1 N–H and O–H groups in total. The van der Waals surface area contributed by atoms with E-state index in [0.717, 1.165) is 11.1 Å². The average molecular weight is 326 g/mol. The number of hydrogen-bond acceptors (Lipinski definition) is 4. The van der Waals surface area contributed by atoms with Gasteiger partial charge < -0.3 is 10.1 Å². The fourth-order valence-corrected chi connectivity index (χ4v) is 2.28. The first-order chi connectivity index (χ1) is 11.4. The first kappa shape index (κ1) is 17.2. The molecule has 0 bridgehead atoms. The molecule has 0 heterocycles. The van der Waals surface area contributed by atoms with Crippen molar-refractivity contribution in [3.05, 3.63) is 69.3 Å². The van der Waals surface area contributed by atoms with E-state index in [1.807, 2.05) is 25.1 Å². The van der Waals surface area contributed by atoms with E-state index in [1.165, 1.54) is 18.2 Å². The molecule has 2 aromatic rings. The lowest BCUT2D eigenvalue weighted by Crippen LogP contribution is -2.09. The maximum absolute atomic E-state index is 12.1. The van der Waals surface area contributed by atoms with Crippen molar-refractivity contribution < 1.29 is 14.5 Å². The molecule has 0 aliphatic heterocycles. The number of nitro groups is 1. The van der Waals surface area contributed by atoms with Crippen molar-refractivity contribution in [2.75, 3.05) is 12.4 Å². The highest BCUT2D eigenvalue weighted by Gasteiger charge is 2.14. The molecule has 2 aromatic carbocycles. The van der Waals surface area contributed by atoms with Crippen LogP contribution in [0.4, 0.5) is 11.4 Å². The van der Waals surface area contributed by atoms with Crippen molar-refractivity contribution in [3.8, 4) is 5.75 Å². The highest BCUT2D eigenvalue weighted by atomic mass is 16.6. The zero-order valence-corrected chi connectivity index (χ0v) is 13.7. The second-order valence-electron chi connectivity index (χ2n) is 5.27. The van der Waals surface area contributed by atoms with E-state index in [-0.39, 0.29) is 11.6 Å². The first-order valence-electron chi connectivity index (χ1n) is 7.30. The highest BCUT2D eigenvalue weighted by Crippen LogP contribution is 2.25. The van der Waals surface area contributed by atoms with E-state index in [1.54, 1.807) is 26.2 Å². The normalized spacial score (nSPS) is 10.6. The van der Waals surface area contributed by atoms with Crippen molar-refractivity contribution in [2.45, 2.75) is 13.8 Å². The summed E-state index contributed by atoms with van der Waals surface area (Å²) in [7, 11) is 1.56. The van der Waals surface area contributed by atoms with E-state index >= 15 is 0 Å². The fourth-order valence-electron chi connectivity index (χ4n) is 2.28. The quantitative estimate of drug-likeness (QED) is 0.514. The molecule has 2 rings (SSSR count). The minimum absolute atomic E-state index is 0.0304. The van der Waals surface area contributed by atoms with Gasteiger partial charge in [-0.3, -0.25) is 14.9 Å². The van der Waals surface area contributed by atoms with Crippen LogP contribution in [0.15, 0.2) is 42.5 Å². The molecule has 0 aliphatic carbocycles. The number of nitrogens with one attached hydrogen (secondary N) is 1. The van der Waals surface area contributed by atoms with Crippen LogP contribution in [0.5, 0.6) is 5.75 Å². The van der Waals surface area contributed by atoms with Gasteiger partial charge in [-0.2, -0.15) is 0 Å². The van der Waals surface area contributed by atoms with Gasteiger partial charge in [0.25, 0.3) is 5.69 Å². The van der Waals surface area contributed by atoms with Crippen LogP contribution in [0.25, 0.3) is 6.08 Å². The Bertz CT molecular complexity index is 813. The van der Waals surface area contributed by atoms with E-state index in [2.05, 4.69) is 5.32 Å². The number of anilines is 1. The van der Waals surface area contributed by atoms with Gasteiger partial charge in [0, 0.05) is 17.7 Å². The zero-order chi connectivity index (χ0) is 17.7. The number of rotatable bonds is 5. The summed E-state index contributed by atoms with van der Waals surface area (Å²) in [5, 5.41) is 13.6. The van der Waals surface area contributed by atoms with Crippen LogP contribution >= 0.6 is 0 Å². The molecule has 0 unspecified atom stereocenters. The molecule has 0 atom stereocenters. The largest absolute Gasteiger partial charge is 0.496 e. The van der Waals surface area contributed by atoms with Gasteiger partial charge in [0.1, 0.15) is 5.75 Å². The Hall–Kier alpha value is -3.15. The number of aryl methyl sites for hydroxylation is 1. The molecule has 24 heavy (non-hydrogen) atoms. The zero-order valence-electron chi connectivity index (χ0n) is 13.7. The van der Waals surface area contributed by atoms with E-state index in [9.17, 15) is 14.9 Å². The maximum Gasteiger partial charge on any atom is 0.274 e. The van der Waals surface area contributed by atoms with Crippen molar-refractivity contribution in [3.63, 3.8) is 0 Å². The average Bonchev–Trinajstić information content (AvgIpc) is 2.54. The lowest BCUT2D eigenvalue weighted by Gasteiger charge is -2.07. The molecular weight excluding hydrogens is 308 g/mol. The monoisotopic (exact) mass is 326 g/mol. The summed E-state index contributed by atoms with van der Waals surface area (Å²) in [4.78, 5) is 22.6. The van der Waals surface area contributed by atoms with Crippen LogP contribution in [0, 0.1) is 24.0 Å². The third kappa shape index (κ3) is 3.98. The Kier molecular flexibility index (Phi) is 5.31. The lowest BCUT2D eigenvalue weighted by atomic mass is 10.1. The summed E-state index contributed by atoms with van der Waals surface area (Å²) in [5.41, 5.74) is 2.62. The van der Waals surface area contributed by atoms with Gasteiger partial charge >= 0.3 is 0 Å². The molecule has 0 saturated heterocycles. The fraction of sp³-hybridized carbons (Fsp3) is 0.167. The van der Waals surface area contributed by atoms with Crippen LogP contribution in [-0.4, -0.2) is 17.9 Å². The molecular formula is C18H18N2O4. The van der Waals surface area contributed by atoms with Gasteiger partial charge in [-0.25, -0.2) is 0 Å². The molecule has 6 heteroatoms. The summed E-state index contributed by atoms with van der Waals surface area (Å²) < 4.78 is 5.25. The van der Waals surface area contributed by atoms with Gasteiger partial charge in [0.15, 0.2) is 0 Å². The second kappa shape index (κ2) is 7.41. The van der Waals surface area contributed by atoms with Gasteiger partial charge in [0.2, 0.25) is 5.91 Å².